The monoisotopic (exact) mass is 538 g/mol. The van der Waals surface area contributed by atoms with Crippen molar-refractivity contribution in [3.05, 3.63) is 66.0 Å². The molecule has 0 bridgehead atoms. The van der Waals surface area contributed by atoms with Crippen molar-refractivity contribution in [3.63, 3.8) is 0 Å². The van der Waals surface area contributed by atoms with Crippen LogP contribution in [-0.2, 0) is 27.5 Å². The minimum Gasteiger partial charge on any atom is -0.365 e. The van der Waals surface area contributed by atoms with Crippen molar-refractivity contribution in [3.8, 4) is 5.69 Å². The molecule has 3 aromatic rings. The number of alkyl halides is 4. The number of ether oxygens (including phenoxy) is 1. The lowest BCUT2D eigenvalue weighted by atomic mass is 10.2. The zero-order valence-corrected chi connectivity index (χ0v) is 17.6. The molecule has 0 saturated heterocycles. The second kappa shape index (κ2) is 8.67. The number of hydrogen-bond acceptors (Lipinski definition) is 5. The van der Waals surface area contributed by atoms with Crippen molar-refractivity contribution >= 4 is 38.3 Å². The van der Waals surface area contributed by atoms with E-state index < -0.39 is 27.5 Å². The average Bonchev–Trinajstić information content (AvgIpc) is 3.15. The van der Waals surface area contributed by atoms with Crippen molar-refractivity contribution < 1.29 is 26.3 Å². The number of nitrogens with one attached hydrogen (secondary N) is 1. The van der Waals surface area contributed by atoms with Gasteiger partial charge in [-0.3, -0.25) is 4.72 Å². The molecule has 0 fully saturated rings. The van der Waals surface area contributed by atoms with Gasteiger partial charge >= 0.3 is 6.18 Å². The number of benzene rings is 2. The maximum absolute atomic E-state index is 13.1. The van der Waals surface area contributed by atoms with E-state index >= 15 is 0 Å². The summed E-state index contributed by atoms with van der Waals surface area (Å²) < 4.78 is 73.8. The summed E-state index contributed by atoms with van der Waals surface area (Å²) in [5, 5.41) is 7.84. The minimum absolute atomic E-state index is 0.215. The summed E-state index contributed by atoms with van der Waals surface area (Å²) in [4.78, 5) is -0.215. The first-order valence-electron chi connectivity index (χ1n) is 8.05. The van der Waals surface area contributed by atoms with Gasteiger partial charge in [-0.1, -0.05) is 46.0 Å². The van der Waals surface area contributed by atoms with Crippen LogP contribution in [-0.4, -0.2) is 28.0 Å². The molecule has 2 aromatic carbocycles. The van der Waals surface area contributed by atoms with Gasteiger partial charge in [-0.25, -0.2) is 13.1 Å². The summed E-state index contributed by atoms with van der Waals surface area (Å²) in [5.74, 6) is 0. The van der Waals surface area contributed by atoms with E-state index in [1.165, 1.54) is 35.0 Å². The van der Waals surface area contributed by atoms with E-state index in [1.807, 2.05) is 27.3 Å². The fourth-order valence-corrected chi connectivity index (χ4v) is 3.79. The Balaban J connectivity index is 1.89. The topological polar surface area (TPSA) is 86.1 Å². The molecule has 1 aromatic heterocycles. The Morgan fingerprint density at radius 1 is 1.14 bits per heavy atom. The molecule has 12 heteroatoms. The van der Waals surface area contributed by atoms with Crippen LogP contribution < -0.4 is 4.72 Å². The number of para-hydroxylation sites is 1. The Labute approximate surface area is 178 Å². The fourth-order valence-electron chi connectivity index (χ4n) is 2.45. The standard InChI is InChI=1S/C17H14F3IN4O3S/c18-17(19,20)15-6-1-2-7-16(15)23-29(26,27)14-5-3-4-13(8-14)25-9-12(22-24-25)10-28-11-21/h1-9,23H,10-11H2. The normalized spacial score (nSPS) is 12.1. The highest BCUT2D eigenvalue weighted by Gasteiger charge is 2.34. The maximum atomic E-state index is 13.1. The quantitative estimate of drug-likeness (QED) is 0.363. The van der Waals surface area contributed by atoms with Crippen LogP contribution in [0.25, 0.3) is 5.69 Å². The van der Waals surface area contributed by atoms with Gasteiger partial charge < -0.3 is 4.74 Å². The smallest absolute Gasteiger partial charge is 0.365 e. The Morgan fingerprint density at radius 3 is 2.62 bits per heavy atom. The highest BCUT2D eigenvalue weighted by Crippen LogP contribution is 2.35. The van der Waals surface area contributed by atoms with Crippen LogP contribution in [0.4, 0.5) is 18.9 Å². The number of anilines is 1. The second-order valence-corrected chi connectivity index (χ2v) is 8.06. The molecule has 0 radical (unpaired) electrons. The van der Waals surface area contributed by atoms with E-state index in [0.29, 0.717) is 16.0 Å². The number of hydrogen-bond donors (Lipinski definition) is 1. The van der Waals surface area contributed by atoms with Crippen LogP contribution in [0.2, 0.25) is 0 Å². The Bertz CT molecular complexity index is 1100. The van der Waals surface area contributed by atoms with E-state index in [9.17, 15) is 21.6 Å². The molecule has 154 valence electrons. The van der Waals surface area contributed by atoms with Crippen molar-refractivity contribution in [1.29, 1.82) is 0 Å². The van der Waals surface area contributed by atoms with E-state index in [0.717, 1.165) is 12.1 Å². The van der Waals surface area contributed by atoms with Gasteiger partial charge in [0.05, 0.1) is 39.3 Å². The first kappa shape index (κ1) is 21.5. The van der Waals surface area contributed by atoms with Crippen molar-refractivity contribution in [2.75, 3.05) is 9.34 Å². The highest BCUT2D eigenvalue weighted by atomic mass is 127. The molecule has 0 unspecified atom stereocenters. The van der Waals surface area contributed by atoms with Gasteiger partial charge in [0.2, 0.25) is 0 Å². The summed E-state index contributed by atoms with van der Waals surface area (Å²) in [6.45, 7) is 0.247. The van der Waals surface area contributed by atoms with Crippen LogP contribution in [0.1, 0.15) is 11.3 Å². The molecule has 3 rings (SSSR count). The minimum atomic E-state index is -4.70. The van der Waals surface area contributed by atoms with Gasteiger partial charge in [-0.05, 0) is 30.3 Å². The number of rotatable bonds is 7. The SMILES string of the molecule is O=S(=O)(Nc1ccccc1C(F)(F)F)c1cccc(-n2cc(COCI)nn2)c1. The van der Waals surface area contributed by atoms with E-state index in [4.69, 9.17) is 4.74 Å². The van der Waals surface area contributed by atoms with Crippen LogP contribution in [0.15, 0.2) is 59.6 Å². The number of nitrogens with zero attached hydrogens (tertiary/aromatic N) is 3. The highest BCUT2D eigenvalue weighted by molar-refractivity contribution is 14.1. The molecule has 7 nitrogen and oxygen atoms in total. The second-order valence-electron chi connectivity index (χ2n) is 5.76. The molecule has 29 heavy (non-hydrogen) atoms. The van der Waals surface area contributed by atoms with Crippen molar-refractivity contribution in [2.45, 2.75) is 17.7 Å². The lowest BCUT2D eigenvalue weighted by molar-refractivity contribution is -0.136. The molecule has 0 aliphatic heterocycles. The predicted molar refractivity (Wildman–Crippen MR) is 107 cm³/mol. The first-order valence-corrected chi connectivity index (χ1v) is 11.1. The Hall–Kier alpha value is -2.19. The van der Waals surface area contributed by atoms with Gasteiger partial charge in [-0.2, -0.15) is 13.2 Å². The molecule has 0 amide bonds. The van der Waals surface area contributed by atoms with E-state index in [2.05, 4.69) is 10.3 Å². The Kier molecular flexibility index (Phi) is 6.43. The third-order valence-corrected chi connectivity index (χ3v) is 5.54. The van der Waals surface area contributed by atoms with Gasteiger partial charge in [0.1, 0.15) is 5.69 Å². The molecule has 1 N–H and O–H groups in total. The van der Waals surface area contributed by atoms with Crippen LogP contribution in [0.5, 0.6) is 0 Å². The first-order chi connectivity index (χ1) is 13.7. The largest absolute Gasteiger partial charge is 0.418 e. The van der Waals surface area contributed by atoms with E-state index in [-0.39, 0.29) is 11.5 Å². The lowest BCUT2D eigenvalue weighted by Crippen LogP contribution is -2.17. The molecule has 0 atom stereocenters. The predicted octanol–water partition coefficient (Wildman–Crippen LogP) is 4.00. The molecule has 0 saturated carbocycles. The summed E-state index contributed by atoms with van der Waals surface area (Å²) in [5.41, 5.74) is -0.697. The van der Waals surface area contributed by atoms with Gasteiger partial charge in [-0.15, -0.1) is 5.10 Å². The molecule has 0 aliphatic carbocycles. The Morgan fingerprint density at radius 2 is 1.90 bits per heavy atom. The summed E-state index contributed by atoms with van der Waals surface area (Å²) in [6, 6.07) is 9.99. The maximum Gasteiger partial charge on any atom is 0.418 e. The van der Waals surface area contributed by atoms with Gasteiger partial charge in [0, 0.05) is 0 Å². The van der Waals surface area contributed by atoms with Gasteiger partial charge in [0.25, 0.3) is 10.0 Å². The zero-order chi connectivity index (χ0) is 21.1. The van der Waals surface area contributed by atoms with Crippen LogP contribution >= 0.6 is 22.6 Å². The van der Waals surface area contributed by atoms with Crippen LogP contribution in [0, 0.1) is 0 Å². The molecule has 0 aliphatic rings. The summed E-state index contributed by atoms with van der Waals surface area (Å²) in [6.07, 6.45) is -3.12. The third-order valence-electron chi connectivity index (χ3n) is 3.74. The number of aromatic nitrogens is 3. The van der Waals surface area contributed by atoms with Gasteiger partial charge in [0.15, 0.2) is 0 Å². The van der Waals surface area contributed by atoms with E-state index in [1.54, 1.807) is 12.3 Å². The number of halogens is 4. The molecular weight excluding hydrogens is 524 g/mol. The summed E-state index contributed by atoms with van der Waals surface area (Å²) in [7, 11) is -4.27. The zero-order valence-electron chi connectivity index (χ0n) is 14.6. The van der Waals surface area contributed by atoms with Crippen molar-refractivity contribution in [1.82, 2.24) is 15.0 Å². The van der Waals surface area contributed by atoms with Crippen LogP contribution in [0.3, 0.4) is 0 Å². The van der Waals surface area contributed by atoms with Crippen molar-refractivity contribution in [2.24, 2.45) is 0 Å². The lowest BCUT2D eigenvalue weighted by Gasteiger charge is -2.15. The molecular formula is C17H14F3IN4O3S. The fraction of sp³-hybridized carbons (Fsp3) is 0.176. The molecule has 1 heterocycles. The third kappa shape index (κ3) is 5.25. The average molecular weight is 538 g/mol. The number of sulfonamides is 1. The molecule has 0 spiro atoms. The summed E-state index contributed by atoms with van der Waals surface area (Å²) >= 11 is 2.04.